The van der Waals surface area contributed by atoms with Crippen molar-refractivity contribution in [2.24, 2.45) is 0 Å². The van der Waals surface area contributed by atoms with Crippen molar-refractivity contribution in [2.45, 2.75) is 38.6 Å². The number of carbonyl (C=O) groups is 1. The van der Waals surface area contributed by atoms with Crippen LogP contribution in [0.25, 0.3) is 11.0 Å². The van der Waals surface area contributed by atoms with E-state index < -0.39 is 11.2 Å². The number of H-pyrrole nitrogens is 1. The highest BCUT2D eigenvalue weighted by Crippen LogP contribution is 2.22. The molecule has 2 aromatic heterocycles. The number of hydrogen-bond acceptors (Lipinski definition) is 4. The number of aryl methyl sites for hydroxylation is 3. The van der Waals surface area contributed by atoms with E-state index in [1.54, 1.807) is 12.3 Å². The second-order valence-corrected chi connectivity index (χ2v) is 7.41. The van der Waals surface area contributed by atoms with Crippen LogP contribution in [0, 0.1) is 20.8 Å². The summed E-state index contributed by atoms with van der Waals surface area (Å²) in [5.41, 5.74) is 5.87. The maximum Gasteiger partial charge on any atom is 0.322 e. The summed E-state index contributed by atoms with van der Waals surface area (Å²) in [6.45, 7) is 7.36. The summed E-state index contributed by atoms with van der Waals surface area (Å²) < 4.78 is 12.6. The number of aromatic amines is 1. The Balaban J connectivity index is 1.92. The number of ketones is 1. The highest BCUT2D eigenvalue weighted by atomic mass is 32.2. The summed E-state index contributed by atoms with van der Waals surface area (Å²) in [4.78, 5) is 23.5. The van der Waals surface area contributed by atoms with Crippen molar-refractivity contribution in [3.63, 3.8) is 0 Å². The van der Waals surface area contributed by atoms with E-state index in [0.717, 1.165) is 27.9 Å². The molecule has 0 fully saturated rings. The summed E-state index contributed by atoms with van der Waals surface area (Å²) in [5.74, 6) is 0.310. The lowest BCUT2D eigenvalue weighted by Crippen LogP contribution is -2.09. The first-order chi connectivity index (χ1) is 11.3. The van der Waals surface area contributed by atoms with Gasteiger partial charge in [0.05, 0.1) is 16.7 Å². The van der Waals surface area contributed by atoms with Gasteiger partial charge >= 0.3 is 5.16 Å². The molecule has 0 spiro atoms. The lowest BCUT2D eigenvalue weighted by Gasteiger charge is -2.08. The molecule has 0 saturated heterocycles. The second-order valence-electron chi connectivity index (χ2n) is 6.05. The van der Waals surface area contributed by atoms with Crippen molar-refractivity contribution in [3.05, 3.63) is 52.3 Å². The van der Waals surface area contributed by atoms with Crippen molar-refractivity contribution in [1.82, 2.24) is 15.0 Å². The molecule has 2 heterocycles. The topological polar surface area (TPSA) is 81.7 Å². The number of nitrogens with zero attached hydrogens (tertiary/aromatic N) is 2. The van der Waals surface area contributed by atoms with Crippen LogP contribution in [0.4, 0.5) is 0 Å². The third-order valence-electron chi connectivity index (χ3n) is 3.99. The average Bonchev–Trinajstić information content (AvgIpc) is 2.91. The summed E-state index contributed by atoms with van der Waals surface area (Å²) >= 11 is -1.32. The van der Waals surface area contributed by atoms with Gasteiger partial charge in [0.2, 0.25) is 0 Å². The van der Waals surface area contributed by atoms with E-state index in [4.69, 9.17) is 0 Å². The Morgan fingerprint density at radius 2 is 1.96 bits per heavy atom. The van der Waals surface area contributed by atoms with Gasteiger partial charge in [0, 0.05) is 22.9 Å². The number of benzene rings is 1. The second kappa shape index (κ2) is 6.37. The quantitative estimate of drug-likeness (QED) is 0.582. The molecule has 6 heteroatoms. The van der Waals surface area contributed by atoms with Gasteiger partial charge in [0.15, 0.2) is 11.5 Å². The number of aromatic nitrogens is 3. The van der Waals surface area contributed by atoms with Crippen molar-refractivity contribution >= 4 is 28.0 Å². The van der Waals surface area contributed by atoms with Crippen molar-refractivity contribution in [1.29, 1.82) is 0 Å². The summed E-state index contributed by atoms with van der Waals surface area (Å²) in [5, 5.41) is 0.409. The van der Waals surface area contributed by atoms with Crippen molar-refractivity contribution in [2.75, 3.05) is 0 Å². The average molecular weight is 341 g/mol. The highest BCUT2D eigenvalue weighted by Gasteiger charge is 2.20. The third-order valence-corrected chi connectivity index (χ3v) is 5.15. The minimum absolute atomic E-state index is 0.000414. The molecule has 3 aromatic rings. The van der Waals surface area contributed by atoms with E-state index in [1.807, 2.05) is 32.9 Å². The van der Waals surface area contributed by atoms with Crippen LogP contribution in [0.5, 0.6) is 0 Å². The van der Waals surface area contributed by atoms with Crippen LogP contribution >= 0.6 is 0 Å². The van der Waals surface area contributed by atoms with Crippen LogP contribution in [0.1, 0.15) is 39.7 Å². The lowest BCUT2D eigenvalue weighted by atomic mass is 10.0. The monoisotopic (exact) mass is 341 g/mol. The van der Waals surface area contributed by atoms with Crippen LogP contribution < -0.4 is 0 Å². The van der Waals surface area contributed by atoms with E-state index in [9.17, 15) is 9.35 Å². The Morgan fingerprint density at radius 1 is 1.21 bits per heavy atom. The number of hydrogen-bond donors (Lipinski definition) is 1. The smallest absolute Gasteiger partial charge is 0.322 e. The zero-order valence-electron chi connectivity index (χ0n) is 14.1. The molecule has 0 bridgehead atoms. The van der Waals surface area contributed by atoms with Gasteiger partial charge < -0.3 is 4.55 Å². The lowest BCUT2D eigenvalue weighted by molar-refractivity contribution is 0.101. The molecule has 0 aliphatic heterocycles. The molecule has 1 unspecified atom stereocenters. The summed E-state index contributed by atoms with van der Waals surface area (Å²) in [7, 11) is 0. The van der Waals surface area contributed by atoms with Gasteiger partial charge in [-0.3, -0.25) is 14.8 Å². The molecule has 24 heavy (non-hydrogen) atoms. The third kappa shape index (κ3) is 3.20. The van der Waals surface area contributed by atoms with E-state index >= 15 is 0 Å². The molecule has 1 atom stereocenters. The molecule has 1 aromatic carbocycles. The minimum Gasteiger partial charge on any atom is -0.609 e. The standard InChI is InChI=1S/C18H19N3O2S/c1-10-5-12(3)17(19-8-10)9-24(23)18-20-15-6-11(2)14(13(4)22)7-16(15)21-18/h5-8H,9H2,1-4H3,(H,20,21). The number of nitrogens with one attached hydrogen (secondary N) is 1. The van der Waals surface area contributed by atoms with Gasteiger partial charge in [-0.15, -0.1) is 0 Å². The first-order valence-electron chi connectivity index (χ1n) is 7.67. The Labute approximate surface area is 143 Å². The molecule has 1 N–H and O–H groups in total. The van der Waals surface area contributed by atoms with Gasteiger partial charge in [-0.2, -0.15) is 4.98 Å². The van der Waals surface area contributed by atoms with Crippen LogP contribution in [-0.2, 0) is 16.9 Å². The van der Waals surface area contributed by atoms with Gasteiger partial charge in [0.25, 0.3) is 0 Å². The first-order valence-corrected chi connectivity index (χ1v) is 8.99. The predicted molar refractivity (Wildman–Crippen MR) is 94.7 cm³/mol. The molecule has 0 aliphatic carbocycles. The molecule has 3 rings (SSSR count). The molecule has 5 nitrogen and oxygen atoms in total. The van der Waals surface area contributed by atoms with Gasteiger partial charge in [-0.25, -0.2) is 0 Å². The Hall–Kier alpha value is -2.18. The molecule has 0 amide bonds. The van der Waals surface area contributed by atoms with Crippen molar-refractivity contribution < 1.29 is 9.35 Å². The van der Waals surface area contributed by atoms with Gasteiger partial charge in [-0.05, 0) is 56.5 Å². The van der Waals surface area contributed by atoms with E-state index in [0.29, 0.717) is 22.0 Å². The summed E-state index contributed by atoms with van der Waals surface area (Å²) in [6.07, 6.45) is 1.78. The fourth-order valence-corrected chi connectivity index (χ4v) is 3.83. The number of carbonyl (C=O) groups excluding carboxylic acids is 1. The SMILES string of the molecule is CC(=O)c1cc2nc([S+]([O-])Cc3ncc(C)cc3C)[nH]c2cc1C. The van der Waals surface area contributed by atoms with Crippen LogP contribution in [0.3, 0.4) is 0 Å². The first kappa shape index (κ1) is 16.7. The minimum atomic E-state index is -1.32. The fraction of sp³-hybridized carbons (Fsp3) is 0.278. The van der Waals surface area contributed by atoms with Crippen LogP contribution in [0.2, 0.25) is 0 Å². The summed E-state index contributed by atoms with van der Waals surface area (Å²) in [6, 6.07) is 5.65. The largest absolute Gasteiger partial charge is 0.609 e. The Bertz CT molecular complexity index is 933. The fourth-order valence-electron chi connectivity index (χ4n) is 2.72. The zero-order valence-corrected chi connectivity index (χ0v) is 15.0. The van der Waals surface area contributed by atoms with E-state index in [-0.39, 0.29) is 5.78 Å². The van der Waals surface area contributed by atoms with Gasteiger partial charge in [0.1, 0.15) is 0 Å². The molecule has 0 radical (unpaired) electrons. The van der Waals surface area contributed by atoms with E-state index in [2.05, 4.69) is 15.0 Å². The van der Waals surface area contributed by atoms with E-state index in [1.165, 1.54) is 6.92 Å². The normalized spacial score (nSPS) is 12.5. The van der Waals surface area contributed by atoms with Crippen molar-refractivity contribution in [3.8, 4) is 0 Å². The molecule has 0 aliphatic rings. The molecular weight excluding hydrogens is 322 g/mol. The van der Waals surface area contributed by atoms with Crippen LogP contribution in [-0.4, -0.2) is 25.3 Å². The number of rotatable bonds is 4. The predicted octanol–water partition coefficient (Wildman–Crippen LogP) is 3.39. The Kier molecular flexibility index (Phi) is 4.43. The molecular formula is C18H19N3O2S. The highest BCUT2D eigenvalue weighted by molar-refractivity contribution is 7.90. The maximum atomic E-state index is 12.6. The number of pyridine rings is 1. The molecule has 124 valence electrons. The Morgan fingerprint density at radius 3 is 2.62 bits per heavy atom. The number of Topliss-reactive ketones (excluding diaryl/α,β-unsaturated/α-hetero) is 1. The maximum absolute atomic E-state index is 12.6. The number of imidazole rings is 1. The van der Waals surface area contributed by atoms with Crippen LogP contribution in [0.15, 0.2) is 29.6 Å². The van der Waals surface area contributed by atoms with Gasteiger partial charge in [-0.1, -0.05) is 6.07 Å². The zero-order chi connectivity index (χ0) is 17.4. The molecule has 0 saturated carbocycles. The number of fused-ring (bicyclic) bond motifs is 1.